The molecule has 20 heavy (non-hydrogen) atoms. The third kappa shape index (κ3) is 2.59. The number of fused-ring (bicyclic) bond motifs is 1. The van der Waals surface area contributed by atoms with Gasteiger partial charge in [0.25, 0.3) is 0 Å². The van der Waals surface area contributed by atoms with Crippen LogP contribution in [0.15, 0.2) is 24.4 Å². The molecule has 106 valence electrons. The van der Waals surface area contributed by atoms with Gasteiger partial charge in [0.05, 0.1) is 14.2 Å². The van der Waals surface area contributed by atoms with Crippen LogP contribution in [-0.4, -0.2) is 43.9 Å². The summed E-state index contributed by atoms with van der Waals surface area (Å²) in [5.41, 5.74) is 0. The van der Waals surface area contributed by atoms with Crippen molar-refractivity contribution in [2.45, 2.75) is 0 Å². The zero-order valence-corrected chi connectivity index (χ0v) is 11.6. The van der Waals surface area contributed by atoms with E-state index in [-0.39, 0.29) is 6.54 Å². The van der Waals surface area contributed by atoms with Gasteiger partial charge in [0.1, 0.15) is 23.9 Å². The smallest absolute Gasteiger partial charge is 0.323 e. The molecule has 1 aromatic heterocycles. The SMILES string of the molecule is COc1cc(OC)c2ccnc(N(C)CC(=O)O)c2c1. The van der Waals surface area contributed by atoms with Crippen molar-refractivity contribution in [1.82, 2.24) is 4.98 Å². The van der Waals surface area contributed by atoms with Crippen LogP contribution in [0.4, 0.5) is 5.82 Å². The van der Waals surface area contributed by atoms with Gasteiger partial charge in [-0.05, 0) is 12.1 Å². The summed E-state index contributed by atoms with van der Waals surface area (Å²) in [6.45, 7) is -0.133. The first kappa shape index (κ1) is 13.9. The van der Waals surface area contributed by atoms with Crippen LogP contribution in [0, 0.1) is 0 Å². The number of methoxy groups -OCH3 is 2. The summed E-state index contributed by atoms with van der Waals surface area (Å²) in [4.78, 5) is 16.7. The van der Waals surface area contributed by atoms with E-state index in [1.807, 2.05) is 12.1 Å². The van der Waals surface area contributed by atoms with Gasteiger partial charge in [-0.2, -0.15) is 0 Å². The maximum Gasteiger partial charge on any atom is 0.323 e. The largest absolute Gasteiger partial charge is 0.497 e. The normalized spacial score (nSPS) is 10.3. The standard InChI is InChI=1S/C14H16N2O4/c1-16(8-13(17)18)14-11-6-9(19-2)7-12(20-3)10(11)4-5-15-14/h4-7H,8H2,1-3H3,(H,17,18). The highest BCUT2D eigenvalue weighted by Gasteiger charge is 2.14. The number of carbonyl (C=O) groups is 1. The molecule has 0 radical (unpaired) electrons. The molecule has 0 spiro atoms. The summed E-state index contributed by atoms with van der Waals surface area (Å²) in [6.07, 6.45) is 1.63. The van der Waals surface area contributed by atoms with Crippen LogP contribution in [0.5, 0.6) is 11.5 Å². The third-order valence-corrected chi connectivity index (χ3v) is 2.98. The van der Waals surface area contributed by atoms with Gasteiger partial charge in [-0.3, -0.25) is 4.79 Å². The van der Waals surface area contributed by atoms with E-state index >= 15 is 0 Å². The predicted octanol–water partition coefficient (Wildman–Crippen LogP) is 1.77. The molecule has 0 saturated carbocycles. The summed E-state index contributed by atoms with van der Waals surface area (Å²) in [5, 5.41) is 10.5. The molecule has 0 aliphatic heterocycles. The Kier molecular flexibility index (Phi) is 3.93. The first-order valence-electron chi connectivity index (χ1n) is 6.00. The van der Waals surface area contributed by atoms with Crippen LogP contribution in [0.25, 0.3) is 10.8 Å². The fraction of sp³-hybridized carbons (Fsp3) is 0.286. The Bertz CT molecular complexity index is 642. The van der Waals surface area contributed by atoms with Crippen LogP contribution in [0.1, 0.15) is 0 Å². The summed E-state index contributed by atoms with van der Waals surface area (Å²) >= 11 is 0. The first-order valence-corrected chi connectivity index (χ1v) is 6.00. The van der Waals surface area contributed by atoms with Gasteiger partial charge in [0, 0.05) is 30.1 Å². The van der Waals surface area contributed by atoms with E-state index in [0.29, 0.717) is 17.3 Å². The van der Waals surface area contributed by atoms with Gasteiger partial charge < -0.3 is 19.5 Å². The van der Waals surface area contributed by atoms with Crippen LogP contribution in [-0.2, 0) is 4.79 Å². The summed E-state index contributed by atoms with van der Waals surface area (Å²) < 4.78 is 10.6. The number of aromatic nitrogens is 1. The van der Waals surface area contributed by atoms with Gasteiger partial charge in [-0.25, -0.2) is 4.98 Å². The first-order chi connectivity index (χ1) is 9.56. The van der Waals surface area contributed by atoms with Gasteiger partial charge in [0.15, 0.2) is 0 Å². The minimum absolute atomic E-state index is 0.133. The zero-order chi connectivity index (χ0) is 14.7. The maximum atomic E-state index is 10.8. The molecule has 0 fully saturated rings. The van der Waals surface area contributed by atoms with E-state index in [1.165, 1.54) is 0 Å². The molecule has 6 nitrogen and oxygen atoms in total. The van der Waals surface area contributed by atoms with Crippen molar-refractivity contribution in [3.8, 4) is 11.5 Å². The van der Waals surface area contributed by atoms with Crippen molar-refractivity contribution < 1.29 is 19.4 Å². The Balaban J connectivity index is 2.63. The topological polar surface area (TPSA) is 71.9 Å². The van der Waals surface area contributed by atoms with Crippen LogP contribution < -0.4 is 14.4 Å². The monoisotopic (exact) mass is 276 g/mol. The van der Waals surface area contributed by atoms with Crippen molar-refractivity contribution in [3.05, 3.63) is 24.4 Å². The maximum absolute atomic E-state index is 10.8. The number of pyridine rings is 1. The molecule has 1 heterocycles. The molecule has 1 aromatic carbocycles. The quantitative estimate of drug-likeness (QED) is 0.897. The predicted molar refractivity (Wildman–Crippen MR) is 75.8 cm³/mol. The number of ether oxygens (including phenoxy) is 2. The number of hydrogen-bond acceptors (Lipinski definition) is 5. The fourth-order valence-electron chi connectivity index (χ4n) is 2.08. The van der Waals surface area contributed by atoms with Crippen LogP contribution in [0.3, 0.4) is 0 Å². The van der Waals surface area contributed by atoms with Crippen molar-refractivity contribution in [2.75, 3.05) is 32.7 Å². The molecule has 0 saturated heterocycles. The lowest BCUT2D eigenvalue weighted by atomic mass is 10.1. The number of carboxylic acid groups (broad SMARTS) is 1. The Labute approximate surface area is 116 Å². The Hall–Kier alpha value is -2.50. The summed E-state index contributed by atoms with van der Waals surface area (Å²) in [6, 6.07) is 5.42. The second-order valence-electron chi connectivity index (χ2n) is 4.31. The van der Waals surface area contributed by atoms with Gasteiger partial charge >= 0.3 is 5.97 Å². The summed E-state index contributed by atoms with van der Waals surface area (Å²) in [7, 11) is 4.83. The van der Waals surface area contributed by atoms with Crippen molar-refractivity contribution in [1.29, 1.82) is 0 Å². The number of anilines is 1. The summed E-state index contributed by atoms with van der Waals surface area (Å²) in [5.74, 6) is 0.947. The van der Waals surface area contributed by atoms with Gasteiger partial charge in [0.2, 0.25) is 0 Å². The van der Waals surface area contributed by atoms with Crippen molar-refractivity contribution >= 4 is 22.6 Å². The number of hydrogen-bond donors (Lipinski definition) is 1. The second-order valence-corrected chi connectivity index (χ2v) is 4.31. The fourth-order valence-corrected chi connectivity index (χ4v) is 2.08. The Morgan fingerprint density at radius 1 is 1.30 bits per heavy atom. The van der Waals surface area contributed by atoms with Crippen LogP contribution >= 0.6 is 0 Å². The lowest BCUT2D eigenvalue weighted by Gasteiger charge is -2.19. The van der Waals surface area contributed by atoms with E-state index in [4.69, 9.17) is 14.6 Å². The molecule has 6 heteroatoms. The molecular formula is C14H16N2O4. The molecule has 2 rings (SSSR count). The van der Waals surface area contributed by atoms with E-state index < -0.39 is 5.97 Å². The minimum atomic E-state index is -0.916. The van der Waals surface area contributed by atoms with Gasteiger partial charge in [-0.1, -0.05) is 0 Å². The molecule has 0 atom stereocenters. The number of rotatable bonds is 5. The Morgan fingerprint density at radius 3 is 2.65 bits per heavy atom. The molecule has 1 N–H and O–H groups in total. The molecule has 0 bridgehead atoms. The molecular weight excluding hydrogens is 260 g/mol. The van der Waals surface area contributed by atoms with E-state index in [2.05, 4.69) is 4.98 Å². The van der Waals surface area contributed by atoms with E-state index in [1.54, 1.807) is 38.4 Å². The highest BCUT2D eigenvalue weighted by molar-refractivity contribution is 5.98. The lowest BCUT2D eigenvalue weighted by molar-refractivity contribution is -0.135. The number of carboxylic acids is 1. The van der Waals surface area contributed by atoms with E-state index in [9.17, 15) is 4.79 Å². The average molecular weight is 276 g/mol. The van der Waals surface area contributed by atoms with Crippen molar-refractivity contribution in [3.63, 3.8) is 0 Å². The van der Waals surface area contributed by atoms with E-state index in [0.717, 1.165) is 10.8 Å². The van der Waals surface area contributed by atoms with Crippen molar-refractivity contribution in [2.24, 2.45) is 0 Å². The lowest BCUT2D eigenvalue weighted by Crippen LogP contribution is -2.26. The molecule has 2 aromatic rings. The van der Waals surface area contributed by atoms with Crippen LogP contribution in [0.2, 0.25) is 0 Å². The minimum Gasteiger partial charge on any atom is -0.497 e. The molecule has 0 amide bonds. The Morgan fingerprint density at radius 2 is 2.05 bits per heavy atom. The molecule has 0 aliphatic rings. The second kappa shape index (κ2) is 5.64. The number of aliphatic carboxylic acids is 1. The number of likely N-dealkylation sites (N-methyl/N-ethyl adjacent to an activating group) is 1. The number of benzene rings is 1. The molecule has 0 aliphatic carbocycles. The van der Waals surface area contributed by atoms with Gasteiger partial charge in [-0.15, -0.1) is 0 Å². The highest BCUT2D eigenvalue weighted by atomic mass is 16.5. The number of nitrogens with zero attached hydrogens (tertiary/aromatic N) is 2. The zero-order valence-electron chi connectivity index (χ0n) is 11.6. The third-order valence-electron chi connectivity index (χ3n) is 2.98. The average Bonchev–Trinajstić information content (AvgIpc) is 2.44. The molecule has 0 unspecified atom stereocenters. The highest BCUT2D eigenvalue weighted by Crippen LogP contribution is 2.34.